The van der Waals surface area contributed by atoms with E-state index in [1.807, 2.05) is 11.8 Å². The smallest absolute Gasteiger partial charge is 0.0366 e. The van der Waals surface area contributed by atoms with Crippen molar-refractivity contribution in [2.45, 2.75) is 31.1 Å². The summed E-state index contributed by atoms with van der Waals surface area (Å²) in [5.41, 5.74) is 2.75. The molecule has 0 fully saturated rings. The zero-order chi connectivity index (χ0) is 15.1. The molecule has 112 valence electrons. The molecule has 0 saturated heterocycles. The van der Waals surface area contributed by atoms with Crippen LogP contribution in [-0.2, 0) is 0 Å². The molecule has 0 spiro atoms. The van der Waals surface area contributed by atoms with Crippen molar-refractivity contribution in [1.82, 2.24) is 0 Å². The highest BCUT2D eigenvalue weighted by atomic mass is 32.2. The van der Waals surface area contributed by atoms with Crippen molar-refractivity contribution in [2.24, 2.45) is 0 Å². The van der Waals surface area contributed by atoms with Gasteiger partial charge in [0.2, 0.25) is 0 Å². The lowest BCUT2D eigenvalue weighted by atomic mass is 10.0. The molecule has 1 nitrogen and oxygen atoms in total. The van der Waals surface area contributed by atoms with Gasteiger partial charge in [0.25, 0.3) is 0 Å². The molecule has 0 heterocycles. The van der Waals surface area contributed by atoms with Crippen molar-refractivity contribution in [3.05, 3.63) is 60.2 Å². The minimum absolute atomic E-state index is 0.560. The number of hydrogen-bond donors (Lipinski definition) is 0. The molecule has 1 unspecified atom stereocenters. The second kappa shape index (κ2) is 8.14. The first-order chi connectivity index (χ1) is 10.2. The second-order valence-corrected chi connectivity index (χ2v) is 6.64. The van der Waals surface area contributed by atoms with Gasteiger partial charge in [-0.15, -0.1) is 11.8 Å². The van der Waals surface area contributed by atoms with Crippen molar-refractivity contribution in [1.29, 1.82) is 0 Å². The Kier molecular flexibility index (Phi) is 6.19. The van der Waals surface area contributed by atoms with Crippen molar-refractivity contribution < 1.29 is 0 Å². The molecular weight excluding hydrogens is 274 g/mol. The van der Waals surface area contributed by atoms with Gasteiger partial charge in [-0.1, -0.05) is 44.2 Å². The van der Waals surface area contributed by atoms with Gasteiger partial charge in [0, 0.05) is 29.9 Å². The average molecular weight is 299 g/mol. The summed E-state index contributed by atoms with van der Waals surface area (Å²) in [5.74, 6) is 1.68. The van der Waals surface area contributed by atoms with Crippen LogP contribution in [0.2, 0.25) is 0 Å². The number of thioether (sulfide) groups is 1. The SMILES string of the molecule is CCCN(C)c1cccc(C(C)CSc2ccccc2)c1. The molecular formula is C19H25NS. The Morgan fingerprint density at radius 3 is 2.52 bits per heavy atom. The maximum Gasteiger partial charge on any atom is 0.0366 e. The van der Waals surface area contributed by atoms with Gasteiger partial charge in [-0.25, -0.2) is 0 Å². The predicted octanol–water partition coefficient (Wildman–Crippen LogP) is 5.43. The van der Waals surface area contributed by atoms with Crippen molar-refractivity contribution in [3.8, 4) is 0 Å². The largest absolute Gasteiger partial charge is 0.375 e. The number of rotatable bonds is 7. The van der Waals surface area contributed by atoms with E-state index < -0.39 is 0 Å². The van der Waals surface area contributed by atoms with Crippen LogP contribution in [0.5, 0.6) is 0 Å². The van der Waals surface area contributed by atoms with Gasteiger partial charge in [0.15, 0.2) is 0 Å². The Morgan fingerprint density at radius 1 is 1.05 bits per heavy atom. The molecule has 0 N–H and O–H groups in total. The Balaban J connectivity index is 1.98. The molecule has 2 aromatic rings. The van der Waals surface area contributed by atoms with E-state index in [-0.39, 0.29) is 0 Å². The molecule has 0 amide bonds. The molecule has 21 heavy (non-hydrogen) atoms. The van der Waals surface area contributed by atoms with E-state index in [0.29, 0.717) is 5.92 Å². The van der Waals surface area contributed by atoms with Gasteiger partial charge >= 0.3 is 0 Å². The minimum Gasteiger partial charge on any atom is -0.375 e. The van der Waals surface area contributed by atoms with Crippen LogP contribution in [0, 0.1) is 0 Å². The molecule has 2 rings (SSSR count). The van der Waals surface area contributed by atoms with E-state index >= 15 is 0 Å². The van der Waals surface area contributed by atoms with Gasteiger partial charge < -0.3 is 4.90 Å². The topological polar surface area (TPSA) is 3.24 Å². The van der Waals surface area contributed by atoms with E-state index in [9.17, 15) is 0 Å². The fraction of sp³-hybridized carbons (Fsp3) is 0.368. The number of anilines is 1. The molecule has 1 atom stereocenters. The van der Waals surface area contributed by atoms with Gasteiger partial charge in [-0.05, 0) is 42.2 Å². The van der Waals surface area contributed by atoms with Crippen LogP contribution in [-0.4, -0.2) is 19.3 Å². The third-order valence-electron chi connectivity index (χ3n) is 3.68. The lowest BCUT2D eigenvalue weighted by molar-refractivity contribution is 0.843. The average Bonchev–Trinajstić information content (AvgIpc) is 2.54. The van der Waals surface area contributed by atoms with Gasteiger partial charge in [0.1, 0.15) is 0 Å². The summed E-state index contributed by atoms with van der Waals surface area (Å²) in [4.78, 5) is 3.68. The molecule has 0 aliphatic carbocycles. The van der Waals surface area contributed by atoms with E-state index in [1.54, 1.807) is 0 Å². The zero-order valence-electron chi connectivity index (χ0n) is 13.3. The fourth-order valence-electron chi connectivity index (χ4n) is 2.37. The van der Waals surface area contributed by atoms with Crippen LogP contribution in [0.15, 0.2) is 59.5 Å². The van der Waals surface area contributed by atoms with Gasteiger partial charge in [-0.3, -0.25) is 0 Å². The summed E-state index contributed by atoms with van der Waals surface area (Å²) < 4.78 is 0. The molecule has 0 saturated carbocycles. The molecule has 2 heteroatoms. The van der Waals surface area contributed by atoms with E-state index in [2.05, 4.69) is 80.4 Å². The molecule has 0 radical (unpaired) electrons. The number of hydrogen-bond acceptors (Lipinski definition) is 2. The van der Waals surface area contributed by atoms with E-state index in [4.69, 9.17) is 0 Å². The summed E-state index contributed by atoms with van der Waals surface area (Å²) in [7, 11) is 2.17. The summed E-state index contributed by atoms with van der Waals surface area (Å²) >= 11 is 1.93. The van der Waals surface area contributed by atoms with Crippen LogP contribution in [0.4, 0.5) is 5.69 Å². The van der Waals surface area contributed by atoms with Crippen molar-refractivity contribution in [2.75, 3.05) is 24.2 Å². The summed E-state index contributed by atoms with van der Waals surface area (Å²) in [6.45, 7) is 5.64. The fourth-order valence-corrected chi connectivity index (χ4v) is 3.35. The molecule has 0 bridgehead atoms. The predicted molar refractivity (Wildman–Crippen MR) is 95.6 cm³/mol. The Bertz CT molecular complexity index is 538. The van der Waals surface area contributed by atoms with Crippen LogP contribution < -0.4 is 4.90 Å². The normalized spacial score (nSPS) is 12.1. The first-order valence-corrected chi connectivity index (χ1v) is 8.68. The molecule has 0 aliphatic rings. The van der Waals surface area contributed by atoms with E-state index in [0.717, 1.165) is 12.3 Å². The van der Waals surface area contributed by atoms with Crippen LogP contribution in [0.25, 0.3) is 0 Å². The highest BCUT2D eigenvalue weighted by Crippen LogP contribution is 2.27. The second-order valence-electron chi connectivity index (χ2n) is 5.54. The minimum atomic E-state index is 0.560. The lowest BCUT2D eigenvalue weighted by Crippen LogP contribution is -2.17. The summed E-state index contributed by atoms with van der Waals surface area (Å²) in [6, 6.07) is 19.6. The summed E-state index contributed by atoms with van der Waals surface area (Å²) in [5, 5.41) is 0. The lowest BCUT2D eigenvalue weighted by Gasteiger charge is -2.20. The zero-order valence-corrected chi connectivity index (χ0v) is 14.1. The maximum absolute atomic E-state index is 2.34. The Hall–Kier alpha value is -1.41. The Morgan fingerprint density at radius 2 is 1.81 bits per heavy atom. The highest BCUT2D eigenvalue weighted by molar-refractivity contribution is 7.99. The van der Waals surface area contributed by atoms with Crippen molar-refractivity contribution >= 4 is 17.4 Å². The Labute approximate surface area is 133 Å². The molecule has 0 aliphatic heterocycles. The number of nitrogens with zero attached hydrogens (tertiary/aromatic N) is 1. The monoisotopic (exact) mass is 299 g/mol. The molecule has 2 aromatic carbocycles. The summed E-state index contributed by atoms with van der Waals surface area (Å²) in [6.07, 6.45) is 1.18. The third-order valence-corrected chi connectivity index (χ3v) is 4.95. The van der Waals surface area contributed by atoms with Crippen LogP contribution in [0.1, 0.15) is 31.7 Å². The van der Waals surface area contributed by atoms with Crippen molar-refractivity contribution in [3.63, 3.8) is 0 Å². The van der Waals surface area contributed by atoms with Gasteiger partial charge in [-0.2, -0.15) is 0 Å². The standard InChI is InChI=1S/C19H25NS/c1-4-13-20(3)18-10-8-9-17(14-18)16(2)15-21-19-11-6-5-7-12-19/h5-12,14,16H,4,13,15H2,1-3H3. The van der Waals surface area contributed by atoms with E-state index in [1.165, 1.54) is 22.6 Å². The first-order valence-electron chi connectivity index (χ1n) is 7.69. The third kappa shape index (κ3) is 4.82. The maximum atomic E-state index is 2.34. The quantitative estimate of drug-likeness (QED) is 0.627. The van der Waals surface area contributed by atoms with Crippen LogP contribution >= 0.6 is 11.8 Å². The highest BCUT2D eigenvalue weighted by Gasteiger charge is 2.08. The van der Waals surface area contributed by atoms with Crippen LogP contribution in [0.3, 0.4) is 0 Å². The van der Waals surface area contributed by atoms with Gasteiger partial charge in [0.05, 0.1) is 0 Å². The first kappa shape index (κ1) is 16.0. The molecule has 0 aromatic heterocycles. The number of benzene rings is 2.